The maximum atomic E-state index is 12.1. The summed E-state index contributed by atoms with van der Waals surface area (Å²) in [5.41, 5.74) is 1.31. The number of anilines is 1. The van der Waals surface area contributed by atoms with Gasteiger partial charge in [-0.15, -0.1) is 0 Å². The molecule has 0 unspecified atom stereocenters. The van der Waals surface area contributed by atoms with Crippen molar-refractivity contribution < 1.29 is 9.53 Å². The molecule has 0 bridgehead atoms. The van der Waals surface area contributed by atoms with E-state index in [2.05, 4.69) is 15.4 Å². The highest BCUT2D eigenvalue weighted by Crippen LogP contribution is 2.15. The largest absolute Gasteiger partial charge is 0.471 e. The van der Waals surface area contributed by atoms with Crippen molar-refractivity contribution in [2.75, 3.05) is 5.32 Å². The Labute approximate surface area is 144 Å². The van der Waals surface area contributed by atoms with E-state index in [-0.39, 0.29) is 18.3 Å². The second kappa shape index (κ2) is 7.14. The summed E-state index contributed by atoms with van der Waals surface area (Å²) >= 11 is 5.82. The van der Waals surface area contributed by atoms with Gasteiger partial charge in [0.2, 0.25) is 0 Å². The Morgan fingerprint density at radius 1 is 1.21 bits per heavy atom. The summed E-state index contributed by atoms with van der Waals surface area (Å²) in [6.07, 6.45) is 3.36. The van der Waals surface area contributed by atoms with Gasteiger partial charge in [0.1, 0.15) is 11.6 Å². The molecule has 0 saturated heterocycles. The third-order valence-corrected chi connectivity index (χ3v) is 3.46. The van der Waals surface area contributed by atoms with Crippen LogP contribution in [-0.2, 0) is 6.73 Å². The number of ether oxygens (including phenoxy) is 1. The molecular weight excluding hydrogens is 328 g/mol. The van der Waals surface area contributed by atoms with Gasteiger partial charge in [-0.3, -0.25) is 4.79 Å². The quantitative estimate of drug-likeness (QED) is 0.770. The molecule has 3 aromatic rings. The molecule has 1 aromatic carbocycles. The highest BCUT2D eigenvalue weighted by molar-refractivity contribution is 6.30. The molecule has 0 aliphatic heterocycles. The number of rotatable bonds is 5. The number of amides is 1. The van der Waals surface area contributed by atoms with Crippen LogP contribution in [0.4, 0.5) is 5.82 Å². The standard InChI is InChI=1S/C17H15ClN4O2/c1-12-2-7-16(19-10-12)20-17(23)15-8-9-22(21-15)11-24-14-5-3-13(18)4-6-14/h2-10H,11H2,1H3,(H,19,20,23). The molecule has 1 amide bonds. The third-order valence-electron chi connectivity index (χ3n) is 3.20. The van der Waals surface area contributed by atoms with Gasteiger partial charge in [0, 0.05) is 17.4 Å². The van der Waals surface area contributed by atoms with Crippen LogP contribution < -0.4 is 10.1 Å². The number of pyridine rings is 1. The number of halogens is 1. The lowest BCUT2D eigenvalue weighted by Gasteiger charge is -2.06. The molecule has 0 radical (unpaired) electrons. The Bertz CT molecular complexity index is 829. The lowest BCUT2D eigenvalue weighted by Crippen LogP contribution is -2.15. The number of nitrogens with zero attached hydrogens (tertiary/aromatic N) is 3. The van der Waals surface area contributed by atoms with Crippen molar-refractivity contribution in [3.8, 4) is 5.75 Å². The van der Waals surface area contributed by atoms with Crippen molar-refractivity contribution in [3.63, 3.8) is 0 Å². The minimum atomic E-state index is -0.323. The van der Waals surface area contributed by atoms with Crippen molar-refractivity contribution >= 4 is 23.3 Å². The van der Waals surface area contributed by atoms with E-state index >= 15 is 0 Å². The Morgan fingerprint density at radius 2 is 2.00 bits per heavy atom. The van der Waals surface area contributed by atoms with Crippen LogP contribution in [0.5, 0.6) is 5.75 Å². The first-order valence-corrected chi connectivity index (χ1v) is 7.64. The first-order chi connectivity index (χ1) is 11.6. The Hall–Kier alpha value is -2.86. The zero-order valence-electron chi connectivity index (χ0n) is 12.9. The van der Waals surface area contributed by atoms with Gasteiger partial charge in [-0.1, -0.05) is 17.7 Å². The number of aromatic nitrogens is 3. The lowest BCUT2D eigenvalue weighted by atomic mass is 10.3. The maximum Gasteiger partial charge on any atom is 0.277 e. The van der Waals surface area contributed by atoms with Gasteiger partial charge >= 0.3 is 0 Å². The zero-order valence-corrected chi connectivity index (χ0v) is 13.7. The number of carbonyl (C=O) groups is 1. The SMILES string of the molecule is Cc1ccc(NC(=O)c2ccn(COc3ccc(Cl)cc3)n2)nc1. The summed E-state index contributed by atoms with van der Waals surface area (Å²) in [6, 6.07) is 12.3. The third kappa shape index (κ3) is 4.11. The summed E-state index contributed by atoms with van der Waals surface area (Å²) in [4.78, 5) is 16.3. The fourth-order valence-electron chi connectivity index (χ4n) is 1.95. The molecule has 122 valence electrons. The van der Waals surface area contributed by atoms with E-state index in [1.807, 2.05) is 13.0 Å². The lowest BCUT2D eigenvalue weighted by molar-refractivity contribution is 0.102. The normalized spacial score (nSPS) is 10.4. The molecule has 2 heterocycles. The summed E-state index contributed by atoms with van der Waals surface area (Å²) < 4.78 is 7.10. The average Bonchev–Trinajstić information content (AvgIpc) is 3.06. The van der Waals surface area contributed by atoms with Gasteiger partial charge in [-0.25, -0.2) is 9.67 Å². The number of benzene rings is 1. The van der Waals surface area contributed by atoms with Gasteiger partial charge in [0.05, 0.1) is 0 Å². The van der Waals surface area contributed by atoms with E-state index in [9.17, 15) is 4.79 Å². The molecule has 24 heavy (non-hydrogen) atoms. The molecule has 0 atom stereocenters. The monoisotopic (exact) mass is 342 g/mol. The van der Waals surface area contributed by atoms with Gasteiger partial charge in [-0.2, -0.15) is 5.10 Å². The first-order valence-electron chi connectivity index (χ1n) is 7.26. The second-order valence-corrected chi connectivity index (χ2v) is 5.58. The first kappa shape index (κ1) is 16.0. The topological polar surface area (TPSA) is 69.0 Å². The molecule has 7 heteroatoms. The molecule has 0 fully saturated rings. The van der Waals surface area contributed by atoms with E-state index in [0.717, 1.165) is 5.56 Å². The molecule has 2 aromatic heterocycles. The fraction of sp³-hybridized carbons (Fsp3) is 0.118. The van der Waals surface area contributed by atoms with Crippen molar-refractivity contribution in [3.05, 3.63) is 71.1 Å². The molecule has 0 aliphatic carbocycles. The minimum absolute atomic E-state index is 0.192. The van der Waals surface area contributed by atoms with Crippen LogP contribution in [0.3, 0.4) is 0 Å². The highest BCUT2D eigenvalue weighted by Gasteiger charge is 2.10. The summed E-state index contributed by atoms with van der Waals surface area (Å²) in [7, 11) is 0. The van der Waals surface area contributed by atoms with Crippen LogP contribution in [0.25, 0.3) is 0 Å². The molecule has 0 saturated carbocycles. The second-order valence-electron chi connectivity index (χ2n) is 5.14. The van der Waals surface area contributed by atoms with Crippen molar-refractivity contribution in [2.24, 2.45) is 0 Å². The van der Waals surface area contributed by atoms with E-state index in [1.54, 1.807) is 48.8 Å². The molecule has 6 nitrogen and oxygen atoms in total. The van der Waals surface area contributed by atoms with Crippen LogP contribution in [0, 0.1) is 6.92 Å². The molecular formula is C17H15ClN4O2. The van der Waals surface area contributed by atoms with E-state index in [1.165, 1.54) is 4.68 Å². The molecule has 1 N–H and O–H groups in total. The van der Waals surface area contributed by atoms with E-state index in [4.69, 9.17) is 16.3 Å². The van der Waals surface area contributed by atoms with Gasteiger partial charge in [0.15, 0.2) is 12.4 Å². The van der Waals surface area contributed by atoms with Gasteiger partial charge < -0.3 is 10.1 Å². The molecule has 0 aliphatic rings. The van der Waals surface area contributed by atoms with Gasteiger partial charge in [-0.05, 0) is 48.9 Å². The van der Waals surface area contributed by atoms with E-state index in [0.29, 0.717) is 16.6 Å². The van der Waals surface area contributed by atoms with E-state index < -0.39 is 0 Å². The van der Waals surface area contributed by atoms with Gasteiger partial charge in [0.25, 0.3) is 5.91 Å². The Balaban J connectivity index is 1.59. The smallest absolute Gasteiger partial charge is 0.277 e. The number of carbonyl (C=O) groups excluding carboxylic acids is 1. The molecule has 3 rings (SSSR count). The predicted octanol–water partition coefficient (Wildman–Crippen LogP) is 3.53. The number of aryl methyl sites for hydroxylation is 1. The van der Waals surface area contributed by atoms with Crippen molar-refractivity contribution in [2.45, 2.75) is 13.7 Å². The summed E-state index contributed by atoms with van der Waals surface area (Å²) in [5.74, 6) is 0.832. The Morgan fingerprint density at radius 3 is 2.71 bits per heavy atom. The fourth-order valence-corrected chi connectivity index (χ4v) is 2.07. The number of hydrogen-bond donors (Lipinski definition) is 1. The average molecular weight is 343 g/mol. The molecule has 0 spiro atoms. The van der Waals surface area contributed by atoms with Crippen LogP contribution in [0.15, 0.2) is 54.9 Å². The van der Waals surface area contributed by atoms with Crippen LogP contribution in [0.1, 0.15) is 16.1 Å². The van der Waals surface area contributed by atoms with Crippen molar-refractivity contribution in [1.29, 1.82) is 0 Å². The zero-order chi connectivity index (χ0) is 16.9. The predicted molar refractivity (Wildman–Crippen MR) is 91.2 cm³/mol. The van der Waals surface area contributed by atoms with Crippen LogP contribution >= 0.6 is 11.6 Å². The van der Waals surface area contributed by atoms with Crippen LogP contribution in [-0.4, -0.2) is 20.7 Å². The minimum Gasteiger partial charge on any atom is -0.471 e. The summed E-state index contributed by atoms with van der Waals surface area (Å²) in [6.45, 7) is 2.12. The maximum absolute atomic E-state index is 12.1. The van der Waals surface area contributed by atoms with Crippen molar-refractivity contribution in [1.82, 2.24) is 14.8 Å². The highest BCUT2D eigenvalue weighted by atomic mass is 35.5. The Kier molecular flexibility index (Phi) is 4.77. The number of hydrogen-bond acceptors (Lipinski definition) is 4. The number of nitrogens with one attached hydrogen (secondary N) is 1. The van der Waals surface area contributed by atoms with Crippen LogP contribution in [0.2, 0.25) is 5.02 Å². The summed E-state index contributed by atoms with van der Waals surface area (Å²) in [5, 5.41) is 7.52.